The second-order valence-electron chi connectivity index (χ2n) is 7.94. The molecule has 1 heterocycles. The number of carbonyl (C=O) groups excluding carboxylic acids is 2. The zero-order chi connectivity index (χ0) is 21.6. The van der Waals surface area contributed by atoms with Gasteiger partial charge in [0.1, 0.15) is 0 Å². The second-order valence-corrected chi connectivity index (χ2v) is 7.94. The minimum absolute atomic E-state index is 0.000829. The predicted molar refractivity (Wildman–Crippen MR) is 121 cm³/mol. The minimum Gasteiger partial charge on any atom is -0.299 e. The first kappa shape index (κ1) is 20.8. The Kier molecular flexibility index (Phi) is 6.43. The van der Waals surface area contributed by atoms with Crippen LogP contribution in [0.15, 0.2) is 84.9 Å². The zero-order valence-electron chi connectivity index (χ0n) is 17.6. The number of amides is 2. The summed E-state index contributed by atoms with van der Waals surface area (Å²) >= 11 is 0. The highest BCUT2D eigenvalue weighted by atomic mass is 16.2. The summed E-state index contributed by atoms with van der Waals surface area (Å²) in [7, 11) is 2.04. The highest BCUT2D eigenvalue weighted by Gasteiger charge is 2.27. The Morgan fingerprint density at radius 2 is 1.45 bits per heavy atom. The van der Waals surface area contributed by atoms with Crippen LogP contribution in [0.1, 0.15) is 40.6 Å². The van der Waals surface area contributed by atoms with Gasteiger partial charge >= 0.3 is 0 Å². The molecule has 1 aliphatic rings. The monoisotopic (exact) mass is 413 g/mol. The van der Waals surface area contributed by atoms with Crippen LogP contribution >= 0.6 is 0 Å². The van der Waals surface area contributed by atoms with Crippen molar-refractivity contribution in [3.63, 3.8) is 0 Å². The Hall–Kier alpha value is -3.44. The maximum absolute atomic E-state index is 13.1. The van der Waals surface area contributed by atoms with Gasteiger partial charge in [0, 0.05) is 19.0 Å². The number of nitrogens with zero attached hydrogens (tertiary/aromatic N) is 1. The molecule has 0 spiro atoms. The summed E-state index contributed by atoms with van der Waals surface area (Å²) in [5.41, 5.74) is 9.51. The van der Waals surface area contributed by atoms with Crippen molar-refractivity contribution in [2.45, 2.75) is 24.8 Å². The first-order chi connectivity index (χ1) is 15.1. The lowest BCUT2D eigenvalue weighted by Crippen LogP contribution is -2.45. The van der Waals surface area contributed by atoms with Gasteiger partial charge in [-0.3, -0.25) is 25.3 Å². The van der Waals surface area contributed by atoms with Crippen LogP contribution in [0.5, 0.6) is 0 Å². The van der Waals surface area contributed by atoms with E-state index in [1.807, 2.05) is 79.8 Å². The van der Waals surface area contributed by atoms with Crippen molar-refractivity contribution in [2.75, 3.05) is 13.6 Å². The molecule has 0 bridgehead atoms. The van der Waals surface area contributed by atoms with E-state index >= 15 is 0 Å². The maximum atomic E-state index is 13.1. The van der Waals surface area contributed by atoms with Gasteiger partial charge < -0.3 is 0 Å². The van der Waals surface area contributed by atoms with Crippen LogP contribution in [0.3, 0.4) is 0 Å². The fraction of sp³-hybridized carbons (Fsp3) is 0.231. The summed E-state index contributed by atoms with van der Waals surface area (Å²) in [5.74, 6) is -0.967. The van der Waals surface area contributed by atoms with Gasteiger partial charge in [0.15, 0.2) is 0 Å². The van der Waals surface area contributed by atoms with E-state index < -0.39 is 5.92 Å². The van der Waals surface area contributed by atoms with Crippen molar-refractivity contribution in [3.05, 3.63) is 107 Å². The van der Waals surface area contributed by atoms with Crippen molar-refractivity contribution >= 4 is 11.8 Å². The van der Waals surface area contributed by atoms with E-state index in [9.17, 15) is 9.59 Å². The lowest BCUT2D eigenvalue weighted by molar-refractivity contribution is -0.130. The number of benzene rings is 3. The molecule has 2 N–H and O–H groups in total. The molecule has 2 amide bonds. The summed E-state index contributed by atoms with van der Waals surface area (Å²) in [6.07, 6.45) is 1.27. The molecule has 0 aromatic heterocycles. The average Bonchev–Trinajstić information content (AvgIpc) is 2.81. The minimum atomic E-state index is -0.499. The van der Waals surface area contributed by atoms with Gasteiger partial charge in [-0.15, -0.1) is 0 Å². The highest BCUT2D eigenvalue weighted by Crippen LogP contribution is 2.31. The molecule has 1 aliphatic heterocycles. The Morgan fingerprint density at radius 3 is 2.10 bits per heavy atom. The van der Waals surface area contributed by atoms with Gasteiger partial charge in [-0.25, -0.2) is 0 Å². The smallest absolute Gasteiger partial charge is 0.250 e. The van der Waals surface area contributed by atoms with E-state index in [0.717, 1.165) is 24.1 Å². The number of rotatable bonds is 5. The molecule has 0 aliphatic carbocycles. The third-order valence-electron chi connectivity index (χ3n) is 5.91. The summed E-state index contributed by atoms with van der Waals surface area (Å²) < 4.78 is 0. The molecule has 5 nitrogen and oxygen atoms in total. The fourth-order valence-electron chi connectivity index (χ4n) is 4.26. The van der Waals surface area contributed by atoms with Crippen LogP contribution in [-0.4, -0.2) is 30.3 Å². The first-order valence-electron chi connectivity index (χ1n) is 10.6. The van der Waals surface area contributed by atoms with E-state index in [1.54, 1.807) is 0 Å². The van der Waals surface area contributed by atoms with E-state index in [1.165, 1.54) is 11.1 Å². The van der Waals surface area contributed by atoms with Gasteiger partial charge in [-0.2, -0.15) is 0 Å². The third kappa shape index (κ3) is 4.84. The highest BCUT2D eigenvalue weighted by molar-refractivity contribution is 5.89. The van der Waals surface area contributed by atoms with Crippen molar-refractivity contribution in [3.8, 4) is 0 Å². The molecule has 0 saturated heterocycles. The Labute approximate surface area is 183 Å². The Morgan fingerprint density at radius 1 is 0.871 bits per heavy atom. The third-order valence-corrected chi connectivity index (χ3v) is 5.91. The fourth-order valence-corrected chi connectivity index (χ4v) is 4.26. The number of likely N-dealkylation sites (N-methyl/N-ethyl adjacent to an activating group) is 1. The van der Waals surface area contributed by atoms with Crippen molar-refractivity contribution in [2.24, 2.45) is 0 Å². The van der Waals surface area contributed by atoms with E-state index in [-0.39, 0.29) is 24.3 Å². The first-order valence-corrected chi connectivity index (χ1v) is 10.6. The zero-order valence-corrected chi connectivity index (χ0v) is 17.6. The molecule has 31 heavy (non-hydrogen) atoms. The predicted octanol–water partition coefficient (Wildman–Crippen LogP) is 3.59. The molecule has 3 aromatic rings. The molecular weight excluding hydrogens is 386 g/mol. The molecule has 0 fully saturated rings. The van der Waals surface area contributed by atoms with Crippen LogP contribution in [0, 0.1) is 0 Å². The van der Waals surface area contributed by atoms with E-state index in [2.05, 4.69) is 27.9 Å². The maximum Gasteiger partial charge on any atom is 0.250 e. The number of nitrogens with one attached hydrogen (secondary N) is 2. The molecule has 5 heteroatoms. The number of fused-ring (bicyclic) bond motifs is 1. The number of hydrogen-bond donors (Lipinski definition) is 2. The lowest BCUT2D eigenvalue weighted by atomic mass is 9.90. The SMILES string of the molecule is CN1CCc2ccccc2C1CC(=O)NNC(=O)C(c1ccccc1)c1ccccc1. The summed E-state index contributed by atoms with van der Waals surface area (Å²) in [4.78, 5) is 28.0. The largest absolute Gasteiger partial charge is 0.299 e. The molecule has 0 radical (unpaired) electrons. The lowest BCUT2D eigenvalue weighted by Gasteiger charge is -2.34. The molecule has 0 saturated carbocycles. The van der Waals surface area contributed by atoms with Crippen molar-refractivity contribution < 1.29 is 9.59 Å². The second kappa shape index (κ2) is 9.58. The molecule has 158 valence electrons. The van der Waals surface area contributed by atoms with Crippen LogP contribution < -0.4 is 10.9 Å². The van der Waals surface area contributed by atoms with E-state index in [4.69, 9.17) is 0 Å². The van der Waals surface area contributed by atoms with Gasteiger partial charge in [0.25, 0.3) is 0 Å². The Bertz CT molecular complexity index is 997. The van der Waals surface area contributed by atoms with Crippen molar-refractivity contribution in [1.29, 1.82) is 0 Å². The Balaban J connectivity index is 1.44. The number of hydrazine groups is 1. The molecule has 4 rings (SSSR count). The van der Waals surface area contributed by atoms with Crippen LogP contribution in [-0.2, 0) is 16.0 Å². The standard InChI is InChI=1S/C26H27N3O2/c1-29-17-16-19-10-8-9-15-22(19)23(29)18-24(30)27-28-26(31)25(20-11-4-2-5-12-20)21-13-6-3-7-14-21/h2-15,23,25H,16-18H2,1H3,(H,27,30)(H,28,31). The quantitative estimate of drug-likeness (QED) is 0.629. The summed E-state index contributed by atoms with van der Waals surface area (Å²) in [5, 5.41) is 0. The number of hydrogen-bond acceptors (Lipinski definition) is 3. The number of carbonyl (C=O) groups is 2. The van der Waals surface area contributed by atoms with Gasteiger partial charge in [0.2, 0.25) is 11.8 Å². The van der Waals surface area contributed by atoms with E-state index in [0.29, 0.717) is 0 Å². The van der Waals surface area contributed by atoms with Gasteiger partial charge in [-0.1, -0.05) is 84.9 Å². The summed E-state index contributed by atoms with van der Waals surface area (Å²) in [6, 6.07) is 27.4. The van der Waals surface area contributed by atoms with Gasteiger partial charge in [-0.05, 0) is 35.7 Å². The normalized spacial score (nSPS) is 15.9. The molecule has 3 aromatic carbocycles. The van der Waals surface area contributed by atoms with Crippen molar-refractivity contribution in [1.82, 2.24) is 15.8 Å². The van der Waals surface area contributed by atoms with Crippen LogP contribution in [0.25, 0.3) is 0 Å². The molecular formula is C26H27N3O2. The van der Waals surface area contributed by atoms with Crippen LogP contribution in [0.4, 0.5) is 0 Å². The molecule has 1 atom stereocenters. The topological polar surface area (TPSA) is 61.4 Å². The molecule has 1 unspecified atom stereocenters. The van der Waals surface area contributed by atoms with Gasteiger partial charge in [0.05, 0.1) is 5.92 Å². The van der Waals surface area contributed by atoms with Crippen LogP contribution in [0.2, 0.25) is 0 Å². The average molecular weight is 414 g/mol. The summed E-state index contributed by atoms with van der Waals surface area (Å²) in [6.45, 7) is 0.908.